The molecule has 0 fully saturated rings. The zero-order valence-corrected chi connectivity index (χ0v) is 7.64. The van der Waals surface area contributed by atoms with Crippen LogP contribution in [0.2, 0.25) is 0 Å². The molecule has 0 aliphatic rings. The molecule has 1 heterocycles. The second-order valence-electron chi connectivity index (χ2n) is 2.45. The van der Waals surface area contributed by atoms with Gasteiger partial charge in [-0.25, -0.2) is 4.79 Å². The third kappa shape index (κ3) is 2.25. The van der Waals surface area contributed by atoms with Crippen molar-refractivity contribution in [1.29, 1.82) is 0 Å². The monoisotopic (exact) mass is 199 g/mol. The largest absolute Gasteiger partial charge is 0.467 e. The number of nitrogens with one attached hydrogen (secondary N) is 2. The van der Waals surface area contributed by atoms with Crippen molar-refractivity contribution in [2.45, 2.75) is 13.0 Å². The molecular formula is C6H9N5O3. The van der Waals surface area contributed by atoms with E-state index in [9.17, 15) is 9.59 Å². The number of rotatable bonds is 3. The van der Waals surface area contributed by atoms with Crippen LogP contribution in [0.5, 0.6) is 0 Å². The molecule has 1 amide bonds. The van der Waals surface area contributed by atoms with Crippen LogP contribution in [0.25, 0.3) is 0 Å². The van der Waals surface area contributed by atoms with Crippen LogP contribution in [0.15, 0.2) is 0 Å². The van der Waals surface area contributed by atoms with E-state index < -0.39 is 17.9 Å². The molecule has 76 valence electrons. The first-order chi connectivity index (χ1) is 6.65. The average Bonchev–Trinajstić information content (AvgIpc) is 2.69. The number of H-pyrrole nitrogens is 1. The van der Waals surface area contributed by atoms with Gasteiger partial charge in [-0.3, -0.25) is 4.79 Å². The Bertz CT molecular complexity index is 322. The van der Waals surface area contributed by atoms with E-state index in [1.807, 2.05) is 0 Å². The number of hydrogen-bond acceptors (Lipinski definition) is 6. The number of carbonyl (C=O) groups is 2. The first-order valence-corrected chi connectivity index (χ1v) is 3.77. The lowest BCUT2D eigenvalue weighted by atomic mass is 10.3. The number of amides is 1. The van der Waals surface area contributed by atoms with Crippen molar-refractivity contribution < 1.29 is 14.3 Å². The van der Waals surface area contributed by atoms with Crippen LogP contribution in [0.4, 0.5) is 0 Å². The van der Waals surface area contributed by atoms with Crippen LogP contribution in [-0.4, -0.2) is 45.7 Å². The maximum Gasteiger partial charge on any atom is 0.328 e. The van der Waals surface area contributed by atoms with Crippen LogP contribution in [0.1, 0.15) is 17.5 Å². The predicted octanol–water partition coefficient (Wildman–Crippen LogP) is -1.51. The van der Waals surface area contributed by atoms with E-state index in [0.29, 0.717) is 0 Å². The van der Waals surface area contributed by atoms with Gasteiger partial charge >= 0.3 is 5.97 Å². The molecule has 1 aromatic rings. The highest BCUT2D eigenvalue weighted by molar-refractivity contribution is 5.93. The van der Waals surface area contributed by atoms with Crippen LogP contribution in [-0.2, 0) is 9.53 Å². The van der Waals surface area contributed by atoms with Crippen LogP contribution < -0.4 is 5.32 Å². The molecule has 0 saturated heterocycles. The molecule has 0 saturated carbocycles. The highest BCUT2D eigenvalue weighted by atomic mass is 16.5. The van der Waals surface area contributed by atoms with Gasteiger partial charge in [-0.15, -0.1) is 10.2 Å². The lowest BCUT2D eigenvalue weighted by Gasteiger charge is -2.08. The topological polar surface area (TPSA) is 110 Å². The zero-order chi connectivity index (χ0) is 10.6. The lowest BCUT2D eigenvalue weighted by molar-refractivity contribution is -0.142. The summed E-state index contributed by atoms with van der Waals surface area (Å²) in [7, 11) is 1.24. The Morgan fingerprint density at radius 2 is 2.29 bits per heavy atom. The minimum absolute atomic E-state index is 0.124. The summed E-state index contributed by atoms with van der Waals surface area (Å²) in [6, 6.07) is -0.744. The first kappa shape index (κ1) is 10.1. The van der Waals surface area contributed by atoms with E-state index in [2.05, 4.69) is 30.7 Å². The Labute approximate surface area is 79.0 Å². The number of ether oxygens (including phenoxy) is 1. The fraction of sp³-hybridized carbons (Fsp3) is 0.500. The van der Waals surface area contributed by atoms with Gasteiger partial charge in [0.25, 0.3) is 11.7 Å². The first-order valence-electron chi connectivity index (χ1n) is 3.77. The molecule has 1 rings (SSSR count). The minimum Gasteiger partial charge on any atom is -0.467 e. The molecule has 14 heavy (non-hydrogen) atoms. The normalized spacial score (nSPS) is 11.9. The lowest BCUT2D eigenvalue weighted by Crippen LogP contribution is -2.39. The summed E-state index contributed by atoms with van der Waals surface area (Å²) in [6.07, 6.45) is 0. The molecule has 0 spiro atoms. The van der Waals surface area contributed by atoms with Gasteiger partial charge in [0.1, 0.15) is 6.04 Å². The van der Waals surface area contributed by atoms with E-state index >= 15 is 0 Å². The van der Waals surface area contributed by atoms with Gasteiger partial charge in [-0.1, -0.05) is 0 Å². The Morgan fingerprint density at radius 1 is 1.57 bits per heavy atom. The van der Waals surface area contributed by atoms with E-state index in [-0.39, 0.29) is 5.82 Å². The predicted molar refractivity (Wildman–Crippen MR) is 43.1 cm³/mol. The van der Waals surface area contributed by atoms with E-state index in [1.165, 1.54) is 14.0 Å². The summed E-state index contributed by atoms with van der Waals surface area (Å²) in [4.78, 5) is 22.1. The molecule has 8 nitrogen and oxygen atoms in total. The maximum atomic E-state index is 11.2. The highest BCUT2D eigenvalue weighted by Gasteiger charge is 2.18. The second kappa shape index (κ2) is 4.30. The van der Waals surface area contributed by atoms with Gasteiger partial charge in [0, 0.05) is 0 Å². The molecule has 0 aliphatic carbocycles. The fourth-order valence-electron chi connectivity index (χ4n) is 0.755. The molecule has 8 heteroatoms. The van der Waals surface area contributed by atoms with E-state index in [4.69, 9.17) is 0 Å². The maximum absolute atomic E-state index is 11.2. The van der Waals surface area contributed by atoms with Crippen molar-refractivity contribution in [2.75, 3.05) is 7.11 Å². The molecule has 1 aromatic heterocycles. The van der Waals surface area contributed by atoms with Crippen molar-refractivity contribution in [2.24, 2.45) is 0 Å². The number of carbonyl (C=O) groups excluding carboxylic acids is 2. The Kier molecular flexibility index (Phi) is 3.10. The molecule has 0 aliphatic heterocycles. The average molecular weight is 199 g/mol. The molecule has 0 bridgehead atoms. The van der Waals surface area contributed by atoms with Crippen LogP contribution in [0.3, 0.4) is 0 Å². The summed E-state index contributed by atoms with van der Waals surface area (Å²) >= 11 is 0. The van der Waals surface area contributed by atoms with Gasteiger partial charge in [-0.05, 0) is 12.1 Å². The summed E-state index contributed by atoms with van der Waals surface area (Å²) in [6.45, 7) is 1.49. The number of aromatic amines is 1. The van der Waals surface area contributed by atoms with Crippen molar-refractivity contribution in [3.8, 4) is 0 Å². The number of esters is 1. The molecule has 0 radical (unpaired) electrons. The third-order valence-electron chi connectivity index (χ3n) is 1.45. The molecule has 0 aromatic carbocycles. The molecule has 0 unspecified atom stereocenters. The van der Waals surface area contributed by atoms with Crippen LogP contribution >= 0.6 is 0 Å². The summed E-state index contributed by atoms with van der Waals surface area (Å²) in [5, 5.41) is 14.5. The summed E-state index contributed by atoms with van der Waals surface area (Å²) in [5.41, 5.74) is 0. The Hall–Kier alpha value is -1.99. The standard InChI is InChI=1S/C6H9N5O3/c1-3(6(13)14-2)7-5(12)4-8-10-11-9-4/h3H,1-2H3,(H,7,12)(H,8,9,10,11)/t3-/m0/s1. The van der Waals surface area contributed by atoms with Gasteiger partial charge in [0.05, 0.1) is 7.11 Å². The van der Waals surface area contributed by atoms with Crippen molar-refractivity contribution >= 4 is 11.9 Å². The van der Waals surface area contributed by atoms with Crippen LogP contribution in [0, 0.1) is 0 Å². The Balaban J connectivity index is 2.53. The Morgan fingerprint density at radius 3 is 2.79 bits per heavy atom. The van der Waals surface area contributed by atoms with Crippen molar-refractivity contribution in [1.82, 2.24) is 25.9 Å². The van der Waals surface area contributed by atoms with Gasteiger partial charge in [0.2, 0.25) is 0 Å². The molecular weight excluding hydrogens is 190 g/mol. The van der Waals surface area contributed by atoms with Gasteiger partial charge in [0.15, 0.2) is 0 Å². The molecule has 2 N–H and O–H groups in total. The molecule has 1 atom stereocenters. The van der Waals surface area contributed by atoms with Gasteiger partial charge < -0.3 is 10.1 Å². The van der Waals surface area contributed by atoms with Crippen molar-refractivity contribution in [3.63, 3.8) is 0 Å². The SMILES string of the molecule is COC(=O)[C@H](C)NC(=O)c1nn[nH]n1. The van der Waals surface area contributed by atoms with Crippen molar-refractivity contribution in [3.05, 3.63) is 5.82 Å². The smallest absolute Gasteiger partial charge is 0.328 e. The highest BCUT2D eigenvalue weighted by Crippen LogP contribution is 1.89. The van der Waals surface area contributed by atoms with E-state index in [1.54, 1.807) is 0 Å². The number of nitrogens with zero attached hydrogens (tertiary/aromatic N) is 3. The number of aromatic nitrogens is 4. The summed E-state index contributed by atoms with van der Waals surface area (Å²) in [5.74, 6) is -1.25. The zero-order valence-electron chi connectivity index (χ0n) is 7.64. The number of hydrogen-bond donors (Lipinski definition) is 2. The second-order valence-corrected chi connectivity index (χ2v) is 2.45. The fourth-order valence-corrected chi connectivity index (χ4v) is 0.755. The number of methoxy groups -OCH3 is 1. The summed E-state index contributed by atoms with van der Waals surface area (Å²) < 4.78 is 4.41. The quantitative estimate of drug-likeness (QED) is 0.573. The van der Waals surface area contributed by atoms with E-state index in [0.717, 1.165) is 0 Å². The third-order valence-corrected chi connectivity index (χ3v) is 1.45. The minimum atomic E-state index is -0.744. The van der Waals surface area contributed by atoms with Gasteiger partial charge in [-0.2, -0.15) is 5.21 Å². The number of tetrazole rings is 1.